The molecule has 28 heavy (non-hydrogen) atoms. The zero-order valence-electron chi connectivity index (χ0n) is 15.9. The molecule has 4 rings (SSSR count). The van der Waals surface area contributed by atoms with Gasteiger partial charge in [0.15, 0.2) is 0 Å². The van der Waals surface area contributed by atoms with Crippen molar-refractivity contribution in [1.82, 2.24) is 4.98 Å². The second-order valence-corrected chi connectivity index (χ2v) is 8.51. The van der Waals surface area contributed by atoms with Crippen LogP contribution < -0.4 is 9.55 Å². The van der Waals surface area contributed by atoms with E-state index >= 15 is 0 Å². The summed E-state index contributed by atoms with van der Waals surface area (Å²) in [4.78, 5) is 20.8. The zero-order chi connectivity index (χ0) is 19.9. The van der Waals surface area contributed by atoms with Crippen LogP contribution in [0.1, 0.15) is 36.8 Å². The van der Waals surface area contributed by atoms with Gasteiger partial charge in [-0.15, -0.1) is 18.2 Å². The molecule has 0 saturated carbocycles. The standard InChI is InChI=1S/C22H21N3O2S/c1-22(2,3)21(27)25-18(13-28-20(25)14-7-6-10-23-11-14)19(26)16-12-24-17-9-5-4-8-15(16)17/h4-13,24,27H,1-3H3. The van der Waals surface area contributed by atoms with E-state index in [1.165, 1.54) is 11.3 Å². The van der Waals surface area contributed by atoms with Gasteiger partial charge < -0.3 is 14.5 Å². The number of pyridine rings is 1. The first-order valence-corrected chi connectivity index (χ1v) is 9.87. The van der Waals surface area contributed by atoms with Crippen molar-refractivity contribution in [3.05, 3.63) is 77.9 Å². The number of nitrogens with zero attached hydrogens (tertiary/aromatic N) is 2. The Kier molecular flexibility index (Phi) is 4.53. The van der Waals surface area contributed by atoms with Crippen molar-refractivity contribution in [3.63, 3.8) is 0 Å². The Morgan fingerprint density at radius 1 is 1.29 bits per heavy atom. The molecule has 1 aromatic carbocycles. The van der Waals surface area contributed by atoms with E-state index < -0.39 is 5.41 Å². The third-order valence-corrected chi connectivity index (χ3v) is 5.57. The summed E-state index contributed by atoms with van der Waals surface area (Å²) in [6.07, 6.45) is 5.29. The van der Waals surface area contributed by atoms with Gasteiger partial charge in [0.25, 0.3) is 5.01 Å². The van der Waals surface area contributed by atoms with E-state index in [1.54, 1.807) is 28.5 Å². The number of hydrogen-bond acceptors (Lipinski definition) is 3. The Bertz CT molecular complexity index is 1140. The number of carbonyl (C=O) groups is 1. The van der Waals surface area contributed by atoms with E-state index in [9.17, 15) is 9.90 Å². The monoisotopic (exact) mass is 391 g/mol. The number of ketones is 1. The normalized spacial score (nSPS) is 11.7. The average Bonchev–Trinajstić information content (AvgIpc) is 3.31. The van der Waals surface area contributed by atoms with Crippen molar-refractivity contribution in [2.45, 2.75) is 20.8 Å². The molecule has 2 N–H and O–H groups in total. The molecule has 0 aliphatic carbocycles. The number of aliphatic hydroxyl groups is 1. The van der Waals surface area contributed by atoms with Crippen molar-refractivity contribution < 1.29 is 19.5 Å². The molecule has 6 heteroatoms. The van der Waals surface area contributed by atoms with E-state index in [1.807, 2.05) is 57.2 Å². The molecule has 0 aliphatic heterocycles. The molecule has 0 atom stereocenters. The number of aliphatic hydroxyl groups excluding tert-OH is 1. The van der Waals surface area contributed by atoms with Gasteiger partial charge in [-0.05, 0) is 22.4 Å². The fourth-order valence-electron chi connectivity index (χ4n) is 3.11. The number of H-pyrrole nitrogens is 1. The SMILES string of the molecule is CC(C)(C)[C-](O)[n+]1c(C(=O)c2c[nH+][c-]3ccccc23)c[s+][c-]1-c1cccnc1. The summed E-state index contributed by atoms with van der Waals surface area (Å²) in [6, 6.07) is 11.5. The lowest BCUT2D eigenvalue weighted by molar-refractivity contribution is -0.685. The Hall–Kier alpha value is -2.96. The van der Waals surface area contributed by atoms with Crippen LogP contribution in [0.5, 0.6) is 0 Å². The van der Waals surface area contributed by atoms with Gasteiger partial charge in [-0.3, -0.25) is 9.97 Å². The minimum absolute atomic E-state index is 0.121. The number of hydrogen-bond donors (Lipinski definition) is 1. The average molecular weight is 391 g/mol. The third kappa shape index (κ3) is 3.10. The Balaban J connectivity index is 1.90. The fraction of sp³-hybridized carbons (Fsp3) is 0.182. The van der Waals surface area contributed by atoms with Crippen molar-refractivity contribution in [1.29, 1.82) is 0 Å². The first-order valence-electron chi connectivity index (χ1n) is 8.99. The number of carbonyl (C=O) groups excluding carboxylic acids is 1. The largest absolute Gasteiger partial charge is 0.430 e. The summed E-state index contributed by atoms with van der Waals surface area (Å²) < 4.78 is 1.66. The summed E-state index contributed by atoms with van der Waals surface area (Å²) in [7, 11) is 0. The van der Waals surface area contributed by atoms with Crippen LogP contribution in [0.2, 0.25) is 0 Å². The van der Waals surface area contributed by atoms with Gasteiger partial charge in [-0.25, -0.2) is 0 Å². The van der Waals surface area contributed by atoms with Crippen LogP contribution in [0.15, 0.2) is 60.4 Å². The Morgan fingerprint density at radius 2 is 2.11 bits per heavy atom. The number of benzene rings is 1. The maximum atomic E-state index is 13.4. The maximum Gasteiger partial charge on any atom is 0.260 e. The highest BCUT2D eigenvalue weighted by molar-refractivity contribution is 7.12. The van der Waals surface area contributed by atoms with Gasteiger partial charge in [0.05, 0.1) is 18.1 Å². The van der Waals surface area contributed by atoms with Gasteiger partial charge in [0.2, 0.25) is 0 Å². The third-order valence-electron chi connectivity index (χ3n) is 4.58. The fourth-order valence-corrected chi connectivity index (χ4v) is 4.09. The minimum atomic E-state index is -0.530. The molecule has 0 saturated heterocycles. The lowest BCUT2D eigenvalue weighted by atomic mass is 9.93. The van der Waals surface area contributed by atoms with Crippen LogP contribution >= 0.6 is 11.3 Å². The van der Waals surface area contributed by atoms with Crippen LogP contribution in [0.3, 0.4) is 0 Å². The molecule has 0 unspecified atom stereocenters. The Labute approximate surface area is 167 Å². The van der Waals surface area contributed by atoms with Gasteiger partial charge >= 0.3 is 0 Å². The van der Waals surface area contributed by atoms with Crippen molar-refractivity contribution >= 4 is 28.0 Å². The van der Waals surface area contributed by atoms with Gasteiger partial charge in [0.1, 0.15) is 28.0 Å². The predicted octanol–water partition coefficient (Wildman–Crippen LogP) is 3.77. The second kappa shape index (κ2) is 6.89. The first-order chi connectivity index (χ1) is 13.4. The molecule has 142 valence electrons. The number of fused-ring (bicyclic) bond motifs is 1. The highest BCUT2D eigenvalue weighted by Crippen LogP contribution is 2.30. The molecule has 0 radical (unpaired) electrons. The summed E-state index contributed by atoms with van der Waals surface area (Å²) in [5.74, 6) is -0.139. The molecule has 5 nitrogen and oxygen atoms in total. The quantitative estimate of drug-likeness (QED) is 0.249. The molecule has 3 heterocycles. The van der Waals surface area contributed by atoms with Gasteiger partial charge in [-0.2, -0.15) is 0 Å². The van der Waals surface area contributed by atoms with E-state index in [2.05, 4.69) is 9.97 Å². The summed E-state index contributed by atoms with van der Waals surface area (Å²) in [5, 5.41) is 14.5. The predicted molar refractivity (Wildman–Crippen MR) is 107 cm³/mol. The van der Waals surface area contributed by atoms with Gasteiger partial charge in [-0.1, -0.05) is 32.9 Å². The first kappa shape index (κ1) is 18.4. The highest BCUT2D eigenvalue weighted by atomic mass is 32.1. The lowest BCUT2D eigenvalue weighted by Gasteiger charge is -2.33. The van der Waals surface area contributed by atoms with E-state index in [4.69, 9.17) is 0 Å². The molecule has 0 amide bonds. The van der Waals surface area contributed by atoms with Crippen LogP contribution in [0, 0.1) is 11.6 Å². The highest BCUT2D eigenvalue weighted by Gasteiger charge is 2.29. The number of thiazole rings is 1. The molecule has 3 aromatic heterocycles. The van der Waals surface area contributed by atoms with Crippen LogP contribution in [0.25, 0.3) is 21.5 Å². The summed E-state index contributed by atoms with van der Waals surface area (Å²) in [6.45, 7) is 5.75. The number of aromatic nitrogens is 3. The zero-order valence-corrected chi connectivity index (χ0v) is 16.7. The lowest BCUT2D eigenvalue weighted by Crippen LogP contribution is -2.51. The number of aromatic amines is 1. The molecule has 0 bridgehead atoms. The van der Waals surface area contributed by atoms with Crippen molar-refractivity contribution in [3.8, 4) is 10.6 Å². The minimum Gasteiger partial charge on any atom is -0.430 e. The summed E-state index contributed by atoms with van der Waals surface area (Å²) >= 11 is 1.42. The molecule has 0 aliphatic rings. The molecular weight excluding hydrogens is 370 g/mol. The molecule has 0 fully saturated rings. The Morgan fingerprint density at radius 3 is 2.82 bits per heavy atom. The topological polar surface area (TPSA) is 68.2 Å². The van der Waals surface area contributed by atoms with E-state index in [0.717, 1.165) is 21.5 Å². The molecule has 0 spiro atoms. The van der Waals surface area contributed by atoms with E-state index in [-0.39, 0.29) is 12.0 Å². The molecule has 4 aromatic rings. The number of nitrogens with one attached hydrogen (secondary N) is 1. The van der Waals surface area contributed by atoms with Crippen LogP contribution in [0.4, 0.5) is 0 Å². The summed E-state index contributed by atoms with van der Waals surface area (Å²) in [5.41, 5.74) is 2.24. The van der Waals surface area contributed by atoms with Crippen molar-refractivity contribution in [2.24, 2.45) is 5.41 Å². The molecular formula is C22H21N3O2S. The van der Waals surface area contributed by atoms with Crippen LogP contribution in [-0.2, 0) is 0 Å². The second-order valence-electron chi connectivity index (χ2n) is 7.65. The smallest absolute Gasteiger partial charge is 0.260 e. The van der Waals surface area contributed by atoms with E-state index in [0.29, 0.717) is 11.3 Å². The number of rotatable bonds is 4. The van der Waals surface area contributed by atoms with Crippen LogP contribution in [-0.4, -0.2) is 15.9 Å². The van der Waals surface area contributed by atoms with Gasteiger partial charge in [0, 0.05) is 18.0 Å². The van der Waals surface area contributed by atoms with Crippen molar-refractivity contribution in [2.75, 3.05) is 0 Å². The maximum absolute atomic E-state index is 13.4. The number of para-hydroxylation sites is 1.